The summed E-state index contributed by atoms with van der Waals surface area (Å²) in [4.78, 5) is 32.6. The van der Waals surface area contributed by atoms with Gasteiger partial charge >= 0.3 is 11.9 Å². The Morgan fingerprint density at radius 2 is 2.00 bits per heavy atom. The van der Waals surface area contributed by atoms with Crippen molar-refractivity contribution in [3.8, 4) is 5.75 Å². The number of carboxylic acids is 1. The van der Waals surface area contributed by atoms with Crippen LogP contribution in [0.2, 0.25) is 0 Å². The van der Waals surface area contributed by atoms with E-state index in [0.717, 1.165) is 12.1 Å². The van der Waals surface area contributed by atoms with Crippen molar-refractivity contribution < 1.29 is 29.1 Å². The number of carbonyl (C=O) groups is 2. The predicted molar refractivity (Wildman–Crippen MR) is 71.3 cm³/mol. The van der Waals surface area contributed by atoms with Crippen LogP contribution in [0, 0.1) is 15.5 Å². The van der Waals surface area contributed by atoms with Crippen molar-refractivity contribution in [2.75, 3.05) is 13.7 Å². The van der Waals surface area contributed by atoms with Gasteiger partial charge in [-0.15, -0.1) is 0 Å². The van der Waals surface area contributed by atoms with E-state index in [1.165, 1.54) is 13.2 Å². The number of ether oxygens (including phenoxy) is 2. The van der Waals surface area contributed by atoms with Gasteiger partial charge in [-0.3, -0.25) is 14.9 Å². The molecule has 0 aromatic heterocycles. The van der Waals surface area contributed by atoms with Gasteiger partial charge in [-0.05, 0) is 19.9 Å². The third-order valence-electron chi connectivity index (χ3n) is 2.73. The highest BCUT2D eigenvalue weighted by Crippen LogP contribution is 2.26. The molecule has 0 amide bonds. The number of benzene rings is 1. The van der Waals surface area contributed by atoms with Gasteiger partial charge in [0, 0.05) is 12.1 Å². The zero-order valence-electron chi connectivity index (χ0n) is 11.8. The number of hydrogen-bond donors (Lipinski definition) is 1. The van der Waals surface area contributed by atoms with Gasteiger partial charge in [0.05, 0.1) is 17.4 Å². The summed E-state index contributed by atoms with van der Waals surface area (Å²) in [6.45, 7) is 3.02. The SMILES string of the molecule is COC(=O)C(C)(C)COc1ccc([N+](=O)[O-])cc1C(=O)O. The molecule has 0 heterocycles. The van der Waals surface area contributed by atoms with Crippen LogP contribution in [-0.4, -0.2) is 35.7 Å². The van der Waals surface area contributed by atoms with Crippen molar-refractivity contribution in [2.45, 2.75) is 13.8 Å². The maximum atomic E-state index is 11.5. The van der Waals surface area contributed by atoms with Crippen LogP contribution in [0.3, 0.4) is 0 Å². The van der Waals surface area contributed by atoms with Crippen LogP contribution >= 0.6 is 0 Å². The first-order chi connectivity index (χ1) is 9.69. The number of rotatable bonds is 6. The molecule has 0 fully saturated rings. The largest absolute Gasteiger partial charge is 0.492 e. The van der Waals surface area contributed by atoms with Crippen molar-refractivity contribution in [1.29, 1.82) is 0 Å². The predicted octanol–water partition coefficient (Wildman–Crippen LogP) is 1.87. The van der Waals surface area contributed by atoms with Crippen molar-refractivity contribution >= 4 is 17.6 Å². The number of nitro benzene ring substituents is 1. The van der Waals surface area contributed by atoms with Gasteiger partial charge in [-0.1, -0.05) is 0 Å². The molecule has 0 saturated carbocycles. The number of esters is 1. The Kier molecular flexibility index (Phi) is 4.85. The molecule has 8 nitrogen and oxygen atoms in total. The third-order valence-corrected chi connectivity index (χ3v) is 2.73. The molecule has 0 radical (unpaired) electrons. The Morgan fingerprint density at radius 3 is 2.48 bits per heavy atom. The lowest BCUT2D eigenvalue weighted by atomic mass is 9.95. The molecule has 114 valence electrons. The van der Waals surface area contributed by atoms with E-state index in [0.29, 0.717) is 0 Å². The number of methoxy groups -OCH3 is 1. The second-order valence-corrected chi connectivity index (χ2v) is 4.91. The van der Waals surface area contributed by atoms with Gasteiger partial charge in [-0.2, -0.15) is 0 Å². The zero-order chi connectivity index (χ0) is 16.2. The lowest BCUT2D eigenvalue weighted by molar-refractivity contribution is -0.384. The van der Waals surface area contributed by atoms with Crippen LogP contribution in [0.5, 0.6) is 5.75 Å². The second kappa shape index (κ2) is 6.21. The first kappa shape index (κ1) is 16.4. The van der Waals surface area contributed by atoms with Crippen LogP contribution in [0.4, 0.5) is 5.69 Å². The highest BCUT2D eigenvalue weighted by Gasteiger charge is 2.30. The average molecular weight is 297 g/mol. The number of aromatic carboxylic acids is 1. The molecule has 1 aromatic rings. The molecule has 0 aliphatic carbocycles. The summed E-state index contributed by atoms with van der Waals surface area (Å²) >= 11 is 0. The fourth-order valence-electron chi connectivity index (χ4n) is 1.52. The summed E-state index contributed by atoms with van der Waals surface area (Å²) in [7, 11) is 1.23. The summed E-state index contributed by atoms with van der Waals surface area (Å²) in [6, 6.07) is 3.23. The number of non-ortho nitro benzene ring substituents is 1. The molecule has 0 bridgehead atoms. The summed E-state index contributed by atoms with van der Waals surface area (Å²) in [5, 5.41) is 19.7. The van der Waals surface area contributed by atoms with Gasteiger partial charge in [0.25, 0.3) is 5.69 Å². The van der Waals surface area contributed by atoms with E-state index in [9.17, 15) is 19.7 Å². The first-order valence-electron chi connectivity index (χ1n) is 5.92. The van der Waals surface area contributed by atoms with E-state index in [1.807, 2.05) is 0 Å². The molecule has 0 unspecified atom stereocenters. The van der Waals surface area contributed by atoms with Crippen molar-refractivity contribution in [3.05, 3.63) is 33.9 Å². The van der Waals surface area contributed by atoms with Crippen LogP contribution in [-0.2, 0) is 9.53 Å². The van der Waals surface area contributed by atoms with E-state index in [2.05, 4.69) is 4.74 Å². The van der Waals surface area contributed by atoms with E-state index in [-0.39, 0.29) is 23.6 Å². The Bertz CT molecular complexity index is 580. The Morgan fingerprint density at radius 1 is 1.38 bits per heavy atom. The van der Waals surface area contributed by atoms with Crippen molar-refractivity contribution in [1.82, 2.24) is 0 Å². The summed E-state index contributed by atoms with van der Waals surface area (Å²) < 4.78 is 9.92. The molecule has 0 atom stereocenters. The lowest BCUT2D eigenvalue weighted by Crippen LogP contribution is -2.32. The van der Waals surface area contributed by atoms with Gasteiger partial charge in [0.2, 0.25) is 0 Å². The molecule has 0 spiro atoms. The Hall–Kier alpha value is -2.64. The van der Waals surface area contributed by atoms with Gasteiger partial charge in [0.1, 0.15) is 17.9 Å². The van der Waals surface area contributed by atoms with Crippen LogP contribution < -0.4 is 4.74 Å². The summed E-state index contributed by atoms with van der Waals surface area (Å²) in [5.74, 6) is -1.92. The minimum atomic E-state index is -1.36. The number of carbonyl (C=O) groups excluding carboxylic acids is 1. The monoisotopic (exact) mass is 297 g/mol. The van der Waals surface area contributed by atoms with Crippen molar-refractivity contribution in [3.63, 3.8) is 0 Å². The third kappa shape index (κ3) is 3.91. The van der Waals surface area contributed by atoms with Gasteiger partial charge in [0.15, 0.2) is 0 Å². The van der Waals surface area contributed by atoms with Crippen molar-refractivity contribution in [2.24, 2.45) is 5.41 Å². The van der Waals surface area contributed by atoms with Gasteiger partial charge in [-0.25, -0.2) is 4.79 Å². The zero-order valence-corrected chi connectivity index (χ0v) is 11.8. The molecule has 1 rings (SSSR count). The van der Waals surface area contributed by atoms with Crippen LogP contribution in [0.15, 0.2) is 18.2 Å². The molecular formula is C13H15NO7. The molecule has 8 heteroatoms. The minimum absolute atomic E-state index is 0.0509. The lowest BCUT2D eigenvalue weighted by Gasteiger charge is -2.22. The first-order valence-corrected chi connectivity index (χ1v) is 5.92. The smallest absolute Gasteiger partial charge is 0.339 e. The quantitative estimate of drug-likeness (QED) is 0.484. The Balaban J connectivity index is 3.01. The topological polar surface area (TPSA) is 116 Å². The number of nitrogens with zero attached hydrogens (tertiary/aromatic N) is 1. The second-order valence-electron chi connectivity index (χ2n) is 4.91. The molecule has 0 aliphatic rings. The van der Waals surface area contributed by atoms with E-state index in [1.54, 1.807) is 13.8 Å². The number of carboxylic acid groups (broad SMARTS) is 1. The molecular weight excluding hydrogens is 282 g/mol. The highest BCUT2D eigenvalue weighted by atomic mass is 16.6. The Labute approximate surface area is 120 Å². The molecule has 0 saturated heterocycles. The average Bonchev–Trinajstić information content (AvgIpc) is 2.43. The minimum Gasteiger partial charge on any atom is -0.492 e. The van der Waals surface area contributed by atoms with E-state index in [4.69, 9.17) is 9.84 Å². The number of hydrogen-bond acceptors (Lipinski definition) is 6. The highest BCUT2D eigenvalue weighted by molar-refractivity contribution is 5.91. The van der Waals surface area contributed by atoms with Gasteiger partial charge < -0.3 is 14.6 Å². The summed E-state index contributed by atoms with van der Waals surface area (Å²) in [6.07, 6.45) is 0. The maximum absolute atomic E-state index is 11.5. The van der Waals surface area contributed by atoms with Crippen LogP contribution in [0.25, 0.3) is 0 Å². The van der Waals surface area contributed by atoms with Crippen LogP contribution in [0.1, 0.15) is 24.2 Å². The summed E-state index contributed by atoms with van der Waals surface area (Å²) in [5.41, 5.74) is -1.68. The standard InChI is InChI=1S/C13H15NO7/c1-13(2,12(17)20-3)7-21-10-5-4-8(14(18)19)6-9(10)11(15)16/h4-6H,7H2,1-3H3,(H,15,16). The normalized spacial score (nSPS) is 10.8. The van der Waals surface area contributed by atoms with E-state index < -0.39 is 22.3 Å². The molecule has 1 N–H and O–H groups in total. The maximum Gasteiger partial charge on any atom is 0.339 e. The fraction of sp³-hybridized carbons (Fsp3) is 0.385. The fourth-order valence-corrected chi connectivity index (χ4v) is 1.52. The molecule has 1 aromatic carbocycles. The number of nitro groups is 1. The van der Waals surface area contributed by atoms with E-state index >= 15 is 0 Å². The molecule has 0 aliphatic heterocycles. The molecule has 21 heavy (non-hydrogen) atoms.